The summed E-state index contributed by atoms with van der Waals surface area (Å²) in [5.74, 6) is 0.138. The van der Waals surface area contributed by atoms with Gasteiger partial charge in [0.25, 0.3) is 0 Å². The smallest absolute Gasteiger partial charge is 0.225 e. The van der Waals surface area contributed by atoms with Gasteiger partial charge < -0.3 is 15.2 Å². The molecule has 1 rings (SSSR count). The fourth-order valence-corrected chi connectivity index (χ4v) is 2.06. The molecule has 0 spiro atoms. The van der Waals surface area contributed by atoms with Gasteiger partial charge in [0.15, 0.2) is 0 Å². The molecule has 1 amide bonds. The average Bonchev–Trinajstić information content (AvgIpc) is 2.35. The monoisotopic (exact) mass is 243 g/mol. The molecule has 4 nitrogen and oxygen atoms in total. The first-order valence-electron chi connectivity index (χ1n) is 6.51. The lowest BCUT2D eigenvalue weighted by atomic mass is 9.87. The molecule has 0 bridgehead atoms. The Morgan fingerprint density at radius 3 is 2.88 bits per heavy atom. The van der Waals surface area contributed by atoms with Crippen molar-refractivity contribution in [2.75, 3.05) is 26.4 Å². The van der Waals surface area contributed by atoms with E-state index in [2.05, 4.69) is 19.2 Å². The summed E-state index contributed by atoms with van der Waals surface area (Å²) in [5.41, 5.74) is 0.0495. The summed E-state index contributed by atoms with van der Waals surface area (Å²) >= 11 is 0. The van der Waals surface area contributed by atoms with Crippen LogP contribution in [0.5, 0.6) is 0 Å². The minimum Gasteiger partial charge on any atom is -0.396 e. The second-order valence-corrected chi connectivity index (χ2v) is 5.62. The number of hydrogen-bond donors (Lipinski definition) is 2. The van der Waals surface area contributed by atoms with Crippen LogP contribution in [0.2, 0.25) is 0 Å². The van der Waals surface area contributed by atoms with Gasteiger partial charge in [0.05, 0.1) is 12.5 Å². The highest BCUT2D eigenvalue weighted by atomic mass is 16.5. The first-order chi connectivity index (χ1) is 8.05. The van der Waals surface area contributed by atoms with Gasteiger partial charge in [-0.15, -0.1) is 0 Å². The summed E-state index contributed by atoms with van der Waals surface area (Å²) < 4.78 is 5.31. The lowest BCUT2D eigenvalue weighted by Gasteiger charge is -2.27. The van der Waals surface area contributed by atoms with Crippen LogP contribution < -0.4 is 5.32 Å². The van der Waals surface area contributed by atoms with E-state index in [9.17, 15) is 4.79 Å². The molecule has 17 heavy (non-hydrogen) atoms. The number of amides is 1. The quantitative estimate of drug-likeness (QED) is 0.740. The van der Waals surface area contributed by atoms with Crippen molar-refractivity contribution in [3.05, 3.63) is 0 Å². The van der Waals surface area contributed by atoms with Crippen LogP contribution in [-0.4, -0.2) is 37.4 Å². The number of rotatable bonds is 6. The van der Waals surface area contributed by atoms with E-state index in [0.717, 1.165) is 32.3 Å². The lowest BCUT2D eigenvalue weighted by Crippen LogP contribution is -2.40. The van der Waals surface area contributed by atoms with Crippen molar-refractivity contribution >= 4 is 5.91 Å². The Bertz CT molecular complexity index is 235. The maximum Gasteiger partial charge on any atom is 0.225 e. The summed E-state index contributed by atoms with van der Waals surface area (Å²) in [6.07, 6.45) is 3.62. The number of aliphatic hydroxyl groups is 1. The maximum atomic E-state index is 11.9. The summed E-state index contributed by atoms with van der Waals surface area (Å²) in [6, 6.07) is 0. The molecule has 1 unspecified atom stereocenters. The minimum atomic E-state index is 0.0254. The Kier molecular flexibility index (Phi) is 5.92. The van der Waals surface area contributed by atoms with Gasteiger partial charge in [-0.05, 0) is 31.1 Å². The van der Waals surface area contributed by atoms with E-state index in [1.54, 1.807) is 0 Å². The van der Waals surface area contributed by atoms with Gasteiger partial charge in [0, 0.05) is 19.8 Å². The van der Waals surface area contributed by atoms with Crippen LogP contribution in [0.4, 0.5) is 0 Å². The van der Waals surface area contributed by atoms with E-state index < -0.39 is 0 Å². The van der Waals surface area contributed by atoms with Gasteiger partial charge in [0.2, 0.25) is 5.91 Å². The fourth-order valence-electron chi connectivity index (χ4n) is 2.06. The van der Waals surface area contributed by atoms with Crippen molar-refractivity contribution in [1.82, 2.24) is 5.32 Å². The third kappa shape index (κ3) is 5.50. The molecule has 0 aromatic heterocycles. The van der Waals surface area contributed by atoms with Gasteiger partial charge >= 0.3 is 0 Å². The van der Waals surface area contributed by atoms with E-state index in [0.29, 0.717) is 13.2 Å². The van der Waals surface area contributed by atoms with Crippen molar-refractivity contribution in [2.24, 2.45) is 11.3 Å². The molecule has 100 valence electrons. The molecule has 1 heterocycles. The minimum absolute atomic E-state index is 0.0254. The zero-order valence-electron chi connectivity index (χ0n) is 11.0. The first-order valence-corrected chi connectivity index (χ1v) is 6.51. The first kappa shape index (κ1) is 14.5. The molecule has 1 aliphatic rings. The van der Waals surface area contributed by atoms with Crippen molar-refractivity contribution < 1.29 is 14.6 Å². The Hall–Kier alpha value is -0.610. The predicted octanol–water partition coefficient (Wildman–Crippen LogP) is 1.33. The van der Waals surface area contributed by atoms with Gasteiger partial charge in [-0.2, -0.15) is 0 Å². The highest BCUT2D eigenvalue weighted by molar-refractivity contribution is 5.78. The second kappa shape index (κ2) is 6.97. The van der Waals surface area contributed by atoms with E-state index in [4.69, 9.17) is 9.84 Å². The lowest BCUT2D eigenvalue weighted by molar-refractivity contribution is -0.129. The highest BCUT2D eigenvalue weighted by Crippen LogP contribution is 2.21. The van der Waals surface area contributed by atoms with Gasteiger partial charge in [0.1, 0.15) is 0 Å². The van der Waals surface area contributed by atoms with Gasteiger partial charge in [-0.25, -0.2) is 0 Å². The number of nitrogens with one attached hydrogen (secondary N) is 1. The third-order valence-electron chi connectivity index (χ3n) is 3.28. The molecule has 1 saturated heterocycles. The highest BCUT2D eigenvalue weighted by Gasteiger charge is 2.24. The average molecular weight is 243 g/mol. The summed E-state index contributed by atoms with van der Waals surface area (Å²) in [7, 11) is 0. The molecule has 0 aromatic rings. The SMILES string of the molecule is CC(C)(CCCO)CNC(=O)C1CCCOC1. The molecule has 4 heteroatoms. The van der Waals surface area contributed by atoms with Crippen molar-refractivity contribution in [1.29, 1.82) is 0 Å². The maximum absolute atomic E-state index is 11.9. The zero-order chi connectivity index (χ0) is 12.7. The number of carbonyl (C=O) groups is 1. The predicted molar refractivity (Wildman–Crippen MR) is 66.7 cm³/mol. The molecule has 2 N–H and O–H groups in total. The molecular weight excluding hydrogens is 218 g/mol. The van der Waals surface area contributed by atoms with Crippen molar-refractivity contribution in [3.8, 4) is 0 Å². The second-order valence-electron chi connectivity index (χ2n) is 5.62. The normalized spacial score (nSPS) is 21.2. The molecule has 0 aromatic carbocycles. The van der Waals surface area contributed by atoms with Crippen LogP contribution in [-0.2, 0) is 9.53 Å². The van der Waals surface area contributed by atoms with E-state index >= 15 is 0 Å². The zero-order valence-corrected chi connectivity index (χ0v) is 11.0. The largest absolute Gasteiger partial charge is 0.396 e. The molecule has 1 atom stereocenters. The van der Waals surface area contributed by atoms with E-state index in [1.165, 1.54) is 0 Å². The van der Waals surface area contributed by atoms with Crippen LogP contribution in [0.25, 0.3) is 0 Å². The topological polar surface area (TPSA) is 58.6 Å². The third-order valence-corrected chi connectivity index (χ3v) is 3.28. The summed E-state index contributed by atoms with van der Waals surface area (Å²) in [4.78, 5) is 11.9. The van der Waals surface area contributed by atoms with Crippen LogP contribution in [0, 0.1) is 11.3 Å². The van der Waals surface area contributed by atoms with Crippen molar-refractivity contribution in [2.45, 2.75) is 39.5 Å². The molecular formula is C13H25NO3. The molecule has 1 aliphatic heterocycles. The summed E-state index contributed by atoms with van der Waals surface area (Å²) in [6.45, 7) is 6.45. The Labute approximate surface area is 104 Å². The standard InChI is InChI=1S/C13H25NO3/c1-13(2,6-4-7-15)10-14-12(16)11-5-3-8-17-9-11/h11,15H,3-10H2,1-2H3,(H,14,16). The van der Waals surface area contributed by atoms with Crippen LogP contribution >= 0.6 is 0 Å². The van der Waals surface area contributed by atoms with Gasteiger partial charge in [-0.1, -0.05) is 13.8 Å². The summed E-state index contributed by atoms with van der Waals surface area (Å²) in [5, 5.41) is 11.8. The van der Waals surface area contributed by atoms with Gasteiger partial charge in [-0.3, -0.25) is 4.79 Å². The number of ether oxygens (including phenoxy) is 1. The van der Waals surface area contributed by atoms with Crippen LogP contribution in [0.3, 0.4) is 0 Å². The van der Waals surface area contributed by atoms with E-state index in [1.807, 2.05) is 0 Å². The molecule has 0 radical (unpaired) electrons. The number of carbonyl (C=O) groups excluding carboxylic acids is 1. The molecule has 0 aliphatic carbocycles. The van der Waals surface area contributed by atoms with Crippen molar-refractivity contribution in [3.63, 3.8) is 0 Å². The number of hydrogen-bond acceptors (Lipinski definition) is 3. The fraction of sp³-hybridized carbons (Fsp3) is 0.923. The Morgan fingerprint density at radius 2 is 2.29 bits per heavy atom. The van der Waals surface area contributed by atoms with E-state index in [-0.39, 0.29) is 23.8 Å². The Balaban J connectivity index is 2.26. The molecule has 1 fully saturated rings. The van der Waals surface area contributed by atoms with Crippen LogP contribution in [0.15, 0.2) is 0 Å². The van der Waals surface area contributed by atoms with Crippen LogP contribution in [0.1, 0.15) is 39.5 Å². The number of aliphatic hydroxyl groups excluding tert-OH is 1. The Morgan fingerprint density at radius 1 is 1.53 bits per heavy atom. The molecule has 0 saturated carbocycles.